The molecule has 2 aromatic carbocycles. The van der Waals surface area contributed by atoms with E-state index in [2.05, 4.69) is 37.6 Å². The van der Waals surface area contributed by atoms with Crippen molar-refractivity contribution in [3.05, 3.63) is 84.1 Å². The lowest BCUT2D eigenvalue weighted by molar-refractivity contribution is -0.116. The molecular formula is C26H23N7O2. The number of hydrogen-bond acceptors (Lipinski definition) is 8. The number of benzodiazepines with no additional fused rings is 1. The van der Waals surface area contributed by atoms with Gasteiger partial charge in [0, 0.05) is 30.4 Å². The van der Waals surface area contributed by atoms with Crippen molar-refractivity contribution in [2.75, 3.05) is 28.6 Å². The summed E-state index contributed by atoms with van der Waals surface area (Å²) in [5.41, 5.74) is 3.88. The highest BCUT2D eigenvalue weighted by Gasteiger charge is 2.29. The molecule has 1 amide bonds. The van der Waals surface area contributed by atoms with Crippen molar-refractivity contribution in [3.63, 3.8) is 0 Å². The minimum atomic E-state index is -0.962. The third-order valence-corrected chi connectivity index (χ3v) is 6.06. The van der Waals surface area contributed by atoms with Gasteiger partial charge in [-0.1, -0.05) is 60.6 Å². The molecule has 0 spiro atoms. The molecule has 174 valence electrons. The van der Waals surface area contributed by atoms with Gasteiger partial charge < -0.3 is 20.0 Å². The molecule has 35 heavy (non-hydrogen) atoms. The number of carbonyl (C=O) groups is 1. The maximum atomic E-state index is 13.1. The number of carbonyl (C=O) groups excluding carboxylic acids is 1. The van der Waals surface area contributed by atoms with Crippen LogP contribution >= 0.6 is 0 Å². The minimum absolute atomic E-state index is 0.106. The number of para-hydroxylation sites is 1. The number of benzene rings is 2. The van der Waals surface area contributed by atoms with Crippen LogP contribution in [0.3, 0.4) is 0 Å². The Balaban J connectivity index is 1.32. The van der Waals surface area contributed by atoms with Crippen LogP contribution in [0.1, 0.15) is 18.1 Å². The van der Waals surface area contributed by atoms with Gasteiger partial charge in [-0.3, -0.25) is 4.79 Å². The fraction of sp³-hybridized carbons (Fsp3) is 0.192. The molecule has 2 aliphatic rings. The van der Waals surface area contributed by atoms with E-state index in [-0.39, 0.29) is 11.9 Å². The fourth-order valence-corrected chi connectivity index (χ4v) is 4.38. The molecule has 4 heterocycles. The van der Waals surface area contributed by atoms with Gasteiger partial charge in [0.25, 0.3) is 11.8 Å². The summed E-state index contributed by atoms with van der Waals surface area (Å²) in [6.45, 7) is 4.07. The highest BCUT2D eigenvalue weighted by atomic mass is 16.4. The van der Waals surface area contributed by atoms with E-state index in [9.17, 15) is 4.79 Å². The highest BCUT2D eigenvalue weighted by molar-refractivity contribution is 6.19. The molecule has 2 N–H and O–H groups in total. The Kier molecular flexibility index (Phi) is 5.21. The van der Waals surface area contributed by atoms with E-state index in [1.165, 1.54) is 0 Å². The van der Waals surface area contributed by atoms with Crippen LogP contribution in [0, 0.1) is 5.92 Å². The van der Waals surface area contributed by atoms with Gasteiger partial charge in [-0.2, -0.15) is 0 Å². The van der Waals surface area contributed by atoms with Crippen molar-refractivity contribution < 1.29 is 9.21 Å². The van der Waals surface area contributed by atoms with E-state index in [1.54, 1.807) is 6.20 Å². The summed E-state index contributed by atoms with van der Waals surface area (Å²) in [5.74, 6) is 1.45. The van der Waals surface area contributed by atoms with Crippen LogP contribution in [0.15, 0.2) is 82.3 Å². The maximum Gasteiger partial charge on any atom is 0.317 e. The number of aromatic nitrogens is 3. The number of pyridine rings is 1. The number of anilines is 3. The zero-order chi connectivity index (χ0) is 23.8. The lowest BCUT2D eigenvalue weighted by atomic mass is 10.0. The number of aliphatic imine (C=N–C) groups is 1. The molecule has 4 aromatic rings. The molecule has 6 rings (SSSR count). The molecule has 0 radical (unpaired) electrons. The molecule has 0 saturated carbocycles. The number of hydrogen-bond donors (Lipinski definition) is 2. The van der Waals surface area contributed by atoms with E-state index in [1.807, 2.05) is 66.7 Å². The quantitative estimate of drug-likeness (QED) is 0.461. The van der Waals surface area contributed by atoms with Gasteiger partial charge in [-0.15, -0.1) is 5.10 Å². The molecule has 2 aliphatic heterocycles. The lowest BCUT2D eigenvalue weighted by Gasteiger charge is -2.38. The van der Waals surface area contributed by atoms with Crippen LogP contribution in [0.2, 0.25) is 0 Å². The molecule has 0 aliphatic carbocycles. The van der Waals surface area contributed by atoms with Crippen LogP contribution in [-0.2, 0) is 4.79 Å². The van der Waals surface area contributed by atoms with Gasteiger partial charge in [0.1, 0.15) is 5.82 Å². The summed E-state index contributed by atoms with van der Waals surface area (Å²) in [6.07, 6.45) is 0.792. The first-order valence-electron chi connectivity index (χ1n) is 11.5. The van der Waals surface area contributed by atoms with Crippen LogP contribution in [0.4, 0.5) is 17.5 Å². The Hall–Kier alpha value is -4.53. The molecule has 1 saturated heterocycles. The number of nitrogens with zero attached hydrogens (tertiary/aromatic N) is 5. The van der Waals surface area contributed by atoms with Gasteiger partial charge in [-0.05, 0) is 24.1 Å². The smallest absolute Gasteiger partial charge is 0.317 e. The molecule has 1 unspecified atom stereocenters. The molecular weight excluding hydrogens is 442 g/mol. The van der Waals surface area contributed by atoms with Crippen LogP contribution in [0.5, 0.6) is 0 Å². The summed E-state index contributed by atoms with van der Waals surface area (Å²) in [6, 6.07) is 21.2. The summed E-state index contributed by atoms with van der Waals surface area (Å²) < 4.78 is 5.92. The first-order chi connectivity index (χ1) is 17.2. The third kappa shape index (κ3) is 4.01. The van der Waals surface area contributed by atoms with Crippen molar-refractivity contribution in [2.45, 2.75) is 13.1 Å². The Labute approximate surface area is 201 Å². The Morgan fingerprint density at radius 2 is 1.74 bits per heavy atom. The molecule has 1 fully saturated rings. The van der Waals surface area contributed by atoms with Gasteiger partial charge in [-0.25, -0.2) is 9.98 Å². The van der Waals surface area contributed by atoms with Crippen molar-refractivity contribution in [3.8, 4) is 11.5 Å². The van der Waals surface area contributed by atoms with E-state index in [0.29, 0.717) is 23.2 Å². The van der Waals surface area contributed by atoms with E-state index >= 15 is 0 Å². The van der Waals surface area contributed by atoms with Crippen molar-refractivity contribution in [1.29, 1.82) is 0 Å². The van der Waals surface area contributed by atoms with Crippen LogP contribution in [0.25, 0.3) is 11.5 Å². The molecule has 2 aromatic heterocycles. The highest BCUT2D eigenvalue weighted by Crippen LogP contribution is 2.33. The number of rotatable bonds is 5. The third-order valence-electron chi connectivity index (χ3n) is 6.06. The van der Waals surface area contributed by atoms with Crippen molar-refractivity contribution in [1.82, 2.24) is 15.2 Å². The summed E-state index contributed by atoms with van der Waals surface area (Å²) in [7, 11) is 0. The monoisotopic (exact) mass is 465 g/mol. The van der Waals surface area contributed by atoms with Gasteiger partial charge >= 0.3 is 6.01 Å². The Bertz CT molecular complexity index is 1410. The minimum Gasteiger partial charge on any atom is -0.403 e. The first-order valence-corrected chi connectivity index (χ1v) is 11.5. The van der Waals surface area contributed by atoms with E-state index in [4.69, 9.17) is 9.41 Å². The molecule has 0 bridgehead atoms. The molecule has 9 nitrogen and oxygen atoms in total. The number of nitrogens with one attached hydrogen (secondary N) is 2. The first kappa shape index (κ1) is 21.0. The average Bonchev–Trinajstić information content (AvgIpc) is 3.28. The average molecular weight is 466 g/mol. The van der Waals surface area contributed by atoms with E-state index < -0.39 is 6.17 Å². The summed E-state index contributed by atoms with van der Waals surface area (Å²) in [5, 5.41) is 14.3. The molecule has 9 heteroatoms. The van der Waals surface area contributed by atoms with Crippen molar-refractivity contribution >= 4 is 29.1 Å². The SMILES string of the molecule is CC1CN(c2ncccc2-c2nnc(NC3N=C(c4ccccc4)c4ccccc4NC3=O)o2)C1. The second-order valence-corrected chi connectivity index (χ2v) is 8.72. The Morgan fingerprint density at radius 3 is 2.57 bits per heavy atom. The summed E-state index contributed by atoms with van der Waals surface area (Å²) in [4.78, 5) is 24.5. The standard InChI is InChI=1S/C26H23N7O2/c1-16-14-33(15-16)23-19(11-7-13-27-23)25-31-32-26(35-25)30-22-24(34)28-20-12-6-5-10-18(20)21(29-22)17-8-3-2-4-9-17/h2-13,16,22H,14-15H2,1H3,(H,28,34)(H,30,32). The van der Waals surface area contributed by atoms with E-state index in [0.717, 1.165) is 35.6 Å². The normalized spacial score (nSPS) is 17.6. The second kappa shape index (κ2) is 8.68. The van der Waals surface area contributed by atoms with Gasteiger partial charge in [0.2, 0.25) is 6.17 Å². The lowest BCUT2D eigenvalue weighted by Crippen LogP contribution is -2.45. The fourth-order valence-electron chi connectivity index (χ4n) is 4.38. The Morgan fingerprint density at radius 1 is 0.971 bits per heavy atom. The number of fused-ring (bicyclic) bond motifs is 1. The van der Waals surface area contributed by atoms with Crippen molar-refractivity contribution in [2.24, 2.45) is 10.9 Å². The second-order valence-electron chi connectivity index (χ2n) is 8.72. The van der Waals surface area contributed by atoms with Gasteiger partial charge in [0.15, 0.2) is 0 Å². The van der Waals surface area contributed by atoms with Gasteiger partial charge in [0.05, 0.1) is 17.0 Å². The topological polar surface area (TPSA) is 109 Å². The zero-order valence-electron chi connectivity index (χ0n) is 19.0. The van der Waals surface area contributed by atoms with Crippen LogP contribution < -0.4 is 15.5 Å². The molecule has 1 atom stereocenters. The predicted molar refractivity (Wildman–Crippen MR) is 133 cm³/mol. The van der Waals surface area contributed by atoms with Crippen LogP contribution in [-0.4, -0.2) is 46.1 Å². The summed E-state index contributed by atoms with van der Waals surface area (Å²) >= 11 is 0. The predicted octanol–water partition coefficient (Wildman–Crippen LogP) is 3.82. The maximum absolute atomic E-state index is 13.1. The number of amides is 1. The zero-order valence-corrected chi connectivity index (χ0v) is 19.0. The largest absolute Gasteiger partial charge is 0.403 e.